The summed E-state index contributed by atoms with van der Waals surface area (Å²) in [6.07, 6.45) is 2.09. The molecule has 2 heterocycles. The molecule has 3 rings (SSSR count). The maximum atomic E-state index is 12.5. The number of hydrogen-bond donors (Lipinski definition) is 1. The molecule has 4 nitrogen and oxygen atoms in total. The van der Waals surface area contributed by atoms with E-state index in [-0.39, 0.29) is 11.5 Å². The first-order valence-electron chi connectivity index (χ1n) is 6.84. The number of aryl methyl sites for hydroxylation is 1. The fraction of sp³-hybridized carbons (Fsp3) is 0.250. The number of hydrogen-bond acceptors (Lipinski definition) is 3. The number of carbonyl (C=O) groups is 2. The Balaban J connectivity index is 1.86. The van der Waals surface area contributed by atoms with Crippen molar-refractivity contribution in [2.45, 2.75) is 19.3 Å². The smallest absolute Gasteiger partial charge is 0.335 e. The zero-order valence-electron chi connectivity index (χ0n) is 11.4. The minimum Gasteiger partial charge on any atom is -0.478 e. The minimum atomic E-state index is -0.931. The molecule has 0 spiro atoms. The molecule has 108 valence electrons. The van der Waals surface area contributed by atoms with Crippen molar-refractivity contribution < 1.29 is 14.7 Å². The second-order valence-electron chi connectivity index (χ2n) is 5.05. The third-order valence-corrected chi connectivity index (χ3v) is 4.53. The summed E-state index contributed by atoms with van der Waals surface area (Å²) in [4.78, 5) is 26.3. The molecule has 0 saturated carbocycles. The normalized spacial score (nSPS) is 13.8. The first-order valence-corrected chi connectivity index (χ1v) is 7.72. The van der Waals surface area contributed by atoms with Crippen LogP contribution in [0, 0.1) is 0 Å². The molecule has 1 aromatic carbocycles. The molecular formula is C16H15NO3S. The van der Waals surface area contributed by atoms with E-state index in [1.807, 2.05) is 17.5 Å². The van der Waals surface area contributed by atoms with Crippen LogP contribution in [0.25, 0.3) is 0 Å². The van der Waals surface area contributed by atoms with Gasteiger partial charge in [0, 0.05) is 17.1 Å². The highest BCUT2D eigenvalue weighted by atomic mass is 32.1. The fourth-order valence-electron chi connectivity index (χ4n) is 2.65. The van der Waals surface area contributed by atoms with E-state index in [4.69, 9.17) is 5.11 Å². The van der Waals surface area contributed by atoms with Gasteiger partial charge in [-0.3, -0.25) is 4.79 Å². The quantitative estimate of drug-likeness (QED) is 0.948. The Morgan fingerprint density at radius 3 is 2.86 bits per heavy atom. The molecule has 0 saturated heterocycles. The van der Waals surface area contributed by atoms with E-state index in [0.29, 0.717) is 13.0 Å². The van der Waals surface area contributed by atoms with E-state index in [0.717, 1.165) is 29.0 Å². The number of amides is 1. The maximum absolute atomic E-state index is 12.5. The average Bonchev–Trinajstić information content (AvgIpc) is 2.98. The number of aromatic carboxylic acids is 1. The molecule has 0 fully saturated rings. The van der Waals surface area contributed by atoms with Crippen molar-refractivity contribution in [2.24, 2.45) is 0 Å². The Morgan fingerprint density at radius 2 is 2.14 bits per heavy atom. The number of carboxylic acid groups (broad SMARTS) is 1. The Morgan fingerprint density at radius 1 is 1.29 bits per heavy atom. The molecule has 0 atom stereocenters. The van der Waals surface area contributed by atoms with E-state index in [1.165, 1.54) is 0 Å². The largest absolute Gasteiger partial charge is 0.478 e. The van der Waals surface area contributed by atoms with Gasteiger partial charge in [-0.05, 0) is 48.1 Å². The number of rotatable bonds is 3. The highest BCUT2D eigenvalue weighted by Gasteiger charge is 2.23. The average molecular weight is 301 g/mol. The van der Waals surface area contributed by atoms with Crippen molar-refractivity contribution in [1.82, 2.24) is 0 Å². The number of thiophene rings is 1. The molecule has 1 amide bonds. The first kappa shape index (κ1) is 13.8. The Labute approximate surface area is 126 Å². The number of fused-ring (bicyclic) bond motifs is 1. The van der Waals surface area contributed by atoms with Gasteiger partial charge < -0.3 is 10.0 Å². The van der Waals surface area contributed by atoms with E-state index in [9.17, 15) is 9.59 Å². The van der Waals surface area contributed by atoms with E-state index in [2.05, 4.69) is 0 Å². The van der Waals surface area contributed by atoms with Crippen molar-refractivity contribution in [3.8, 4) is 0 Å². The summed E-state index contributed by atoms with van der Waals surface area (Å²) < 4.78 is 0. The number of carboxylic acids is 1. The predicted molar refractivity (Wildman–Crippen MR) is 82.1 cm³/mol. The van der Waals surface area contributed by atoms with E-state index < -0.39 is 5.97 Å². The number of nitrogens with zero attached hydrogens (tertiary/aromatic N) is 1. The summed E-state index contributed by atoms with van der Waals surface area (Å²) in [5, 5.41) is 11.0. The summed E-state index contributed by atoms with van der Waals surface area (Å²) in [7, 11) is 0. The second kappa shape index (κ2) is 5.69. The molecule has 5 heteroatoms. The predicted octanol–water partition coefficient (Wildman–Crippen LogP) is 2.97. The molecule has 2 aromatic rings. The molecule has 1 aliphatic rings. The zero-order chi connectivity index (χ0) is 14.8. The molecule has 0 unspecified atom stereocenters. The van der Waals surface area contributed by atoms with Gasteiger partial charge in [0.15, 0.2) is 0 Å². The van der Waals surface area contributed by atoms with Crippen LogP contribution in [0.3, 0.4) is 0 Å². The van der Waals surface area contributed by atoms with Gasteiger partial charge in [-0.2, -0.15) is 0 Å². The van der Waals surface area contributed by atoms with Crippen LogP contribution in [0.5, 0.6) is 0 Å². The minimum absolute atomic E-state index is 0.0708. The van der Waals surface area contributed by atoms with Crippen LogP contribution in [0.15, 0.2) is 35.7 Å². The van der Waals surface area contributed by atoms with Crippen LogP contribution in [-0.4, -0.2) is 23.5 Å². The molecule has 1 aromatic heterocycles. The lowest BCUT2D eigenvalue weighted by molar-refractivity contribution is -0.118. The molecular weight excluding hydrogens is 286 g/mol. The maximum Gasteiger partial charge on any atom is 0.335 e. The molecule has 21 heavy (non-hydrogen) atoms. The van der Waals surface area contributed by atoms with Gasteiger partial charge in [0.25, 0.3) is 0 Å². The van der Waals surface area contributed by atoms with Crippen LogP contribution in [0.2, 0.25) is 0 Å². The molecule has 0 aliphatic carbocycles. The summed E-state index contributed by atoms with van der Waals surface area (Å²) in [5.74, 6) is -0.860. The SMILES string of the molecule is O=C(O)c1ccc2c(c1)CCCN2C(=O)Cc1cccs1. The van der Waals surface area contributed by atoms with Crippen LogP contribution >= 0.6 is 11.3 Å². The van der Waals surface area contributed by atoms with Crippen molar-refractivity contribution >= 4 is 28.9 Å². The first-order chi connectivity index (χ1) is 10.1. The zero-order valence-corrected chi connectivity index (χ0v) is 12.2. The van der Waals surface area contributed by atoms with Crippen molar-refractivity contribution in [3.05, 3.63) is 51.7 Å². The van der Waals surface area contributed by atoms with Crippen molar-refractivity contribution in [1.29, 1.82) is 0 Å². The summed E-state index contributed by atoms with van der Waals surface area (Å²) >= 11 is 1.58. The standard InChI is InChI=1S/C16H15NO3S/c18-15(10-13-4-2-8-21-13)17-7-1-3-11-9-12(16(19)20)5-6-14(11)17/h2,4-6,8-9H,1,3,7,10H2,(H,19,20). The highest BCUT2D eigenvalue weighted by molar-refractivity contribution is 7.10. The van der Waals surface area contributed by atoms with Crippen LogP contribution in [-0.2, 0) is 17.6 Å². The number of carbonyl (C=O) groups excluding carboxylic acids is 1. The van der Waals surface area contributed by atoms with Crippen molar-refractivity contribution in [2.75, 3.05) is 11.4 Å². The summed E-state index contributed by atoms with van der Waals surface area (Å²) in [6, 6.07) is 8.90. The van der Waals surface area contributed by atoms with Crippen LogP contribution in [0.4, 0.5) is 5.69 Å². The lowest BCUT2D eigenvalue weighted by atomic mass is 9.99. The lowest BCUT2D eigenvalue weighted by Gasteiger charge is -2.29. The molecule has 1 aliphatic heterocycles. The lowest BCUT2D eigenvalue weighted by Crippen LogP contribution is -2.36. The Hall–Kier alpha value is -2.14. The van der Waals surface area contributed by atoms with E-state index in [1.54, 1.807) is 34.4 Å². The topological polar surface area (TPSA) is 57.6 Å². The van der Waals surface area contributed by atoms with Gasteiger partial charge in [0.05, 0.1) is 12.0 Å². The third kappa shape index (κ3) is 2.83. The summed E-state index contributed by atoms with van der Waals surface area (Å²) in [5.41, 5.74) is 2.08. The van der Waals surface area contributed by atoms with Crippen LogP contribution < -0.4 is 4.90 Å². The van der Waals surface area contributed by atoms with Gasteiger partial charge in [0.1, 0.15) is 0 Å². The van der Waals surface area contributed by atoms with Crippen LogP contribution in [0.1, 0.15) is 27.2 Å². The molecule has 1 N–H and O–H groups in total. The number of anilines is 1. The monoisotopic (exact) mass is 301 g/mol. The van der Waals surface area contributed by atoms with E-state index >= 15 is 0 Å². The van der Waals surface area contributed by atoms with Crippen molar-refractivity contribution in [3.63, 3.8) is 0 Å². The number of benzene rings is 1. The van der Waals surface area contributed by atoms with Gasteiger partial charge in [0.2, 0.25) is 5.91 Å². The summed E-state index contributed by atoms with van der Waals surface area (Å²) in [6.45, 7) is 0.698. The third-order valence-electron chi connectivity index (χ3n) is 3.65. The molecule has 0 radical (unpaired) electrons. The highest BCUT2D eigenvalue weighted by Crippen LogP contribution is 2.29. The van der Waals surface area contributed by atoms with Gasteiger partial charge in [-0.1, -0.05) is 6.07 Å². The fourth-order valence-corrected chi connectivity index (χ4v) is 3.34. The van der Waals surface area contributed by atoms with Gasteiger partial charge in [-0.15, -0.1) is 11.3 Å². The van der Waals surface area contributed by atoms with Gasteiger partial charge in [-0.25, -0.2) is 4.79 Å². The second-order valence-corrected chi connectivity index (χ2v) is 6.09. The Bertz CT molecular complexity index is 679. The van der Waals surface area contributed by atoms with Gasteiger partial charge >= 0.3 is 5.97 Å². The molecule has 0 bridgehead atoms. The Kier molecular flexibility index (Phi) is 3.75.